The second-order valence-corrected chi connectivity index (χ2v) is 7.04. The number of anilines is 1. The average molecular weight is 358 g/mol. The molecule has 1 aliphatic rings. The van der Waals surface area contributed by atoms with Crippen LogP contribution in [0.5, 0.6) is 0 Å². The Hall–Kier alpha value is -1.92. The minimum atomic E-state index is 0.818. The average Bonchev–Trinajstić information content (AvgIpc) is 2.97. The Kier molecular flexibility index (Phi) is 5.71. The third-order valence-electron chi connectivity index (χ3n) is 4.73. The number of nitrogens with zero attached hydrogens (tertiary/aromatic N) is 4. The highest BCUT2D eigenvalue weighted by atomic mass is 32.1. The second kappa shape index (κ2) is 7.97. The molecule has 2 aromatic rings. The topological polar surface area (TPSA) is 36.3 Å². The number of hydrogen-bond donors (Lipinski definition) is 1. The third-order valence-corrected chi connectivity index (χ3v) is 5.09. The van der Waals surface area contributed by atoms with E-state index in [-0.39, 0.29) is 0 Å². The van der Waals surface area contributed by atoms with E-state index in [1.165, 1.54) is 11.1 Å². The fourth-order valence-electron chi connectivity index (χ4n) is 3.07. The van der Waals surface area contributed by atoms with Gasteiger partial charge in [0.2, 0.25) is 0 Å². The van der Waals surface area contributed by atoms with Crippen molar-refractivity contribution in [3.63, 3.8) is 0 Å². The normalized spacial score (nSPS) is 15.4. The molecule has 1 aromatic heterocycles. The van der Waals surface area contributed by atoms with Crippen molar-refractivity contribution in [3.8, 4) is 0 Å². The summed E-state index contributed by atoms with van der Waals surface area (Å²) in [4.78, 5) is 4.74. The van der Waals surface area contributed by atoms with Gasteiger partial charge >= 0.3 is 0 Å². The summed E-state index contributed by atoms with van der Waals surface area (Å²) in [6.07, 6.45) is 2.17. The van der Waals surface area contributed by atoms with E-state index in [2.05, 4.69) is 71.4 Å². The Morgan fingerprint density at radius 2 is 1.80 bits per heavy atom. The number of thiocarbonyl (C=S) groups is 1. The summed E-state index contributed by atoms with van der Waals surface area (Å²) in [5.41, 5.74) is 4.78. The van der Waals surface area contributed by atoms with Crippen molar-refractivity contribution in [1.82, 2.24) is 19.6 Å². The van der Waals surface area contributed by atoms with Crippen LogP contribution in [-0.2, 0) is 13.1 Å². The highest BCUT2D eigenvalue weighted by molar-refractivity contribution is 7.80. The molecule has 3 rings (SSSR count). The highest BCUT2D eigenvalue weighted by Gasteiger charge is 2.20. The minimum absolute atomic E-state index is 0.818. The summed E-state index contributed by atoms with van der Waals surface area (Å²) >= 11 is 5.58. The molecule has 1 fully saturated rings. The molecule has 1 N–H and O–H groups in total. The van der Waals surface area contributed by atoms with Gasteiger partial charge in [0.15, 0.2) is 5.11 Å². The van der Waals surface area contributed by atoms with E-state index >= 15 is 0 Å². The lowest BCUT2D eigenvalue weighted by atomic mass is 10.2. The first-order valence-corrected chi connectivity index (χ1v) is 9.34. The predicted molar refractivity (Wildman–Crippen MR) is 107 cm³/mol. The Morgan fingerprint density at radius 1 is 1.12 bits per heavy atom. The van der Waals surface area contributed by atoms with Crippen molar-refractivity contribution in [2.45, 2.75) is 33.9 Å². The number of aryl methyl sites for hydroxylation is 3. The number of hydrogen-bond acceptors (Lipinski definition) is 3. The van der Waals surface area contributed by atoms with Crippen molar-refractivity contribution in [2.24, 2.45) is 0 Å². The molecule has 0 bridgehead atoms. The van der Waals surface area contributed by atoms with Crippen molar-refractivity contribution < 1.29 is 0 Å². The molecule has 134 valence electrons. The largest absolute Gasteiger partial charge is 0.346 e. The van der Waals surface area contributed by atoms with E-state index in [0.29, 0.717) is 0 Å². The van der Waals surface area contributed by atoms with Gasteiger partial charge in [0.05, 0.1) is 5.69 Å². The molecule has 0 amide bonds. The fraction of sp³-hybridized carbons (Fsp3) is 0.474. The first-order valence-electron chi connectivity index (χ1n) is 8.93. The van der Waals surface area contributed by atoms with Crippen LogP contribution < -0.4 is 5.32 Å². The molecular weight excluding hydrogens is 330 g/mol. The SMILES string of the molecule is CCn1cc(CN2CCN(C(=S)Nc3ccc(C)cc3)CC2)c(C)n1. The van der Waals surface area contributed by atoms with Gasteiger partial charge in [0, 0.05) is 56.7 Å². The Bertz CT molecular complexity index is 714. The minimum Gasteiger partial charge on any atom is -0.346 e. The maximum Gasteiger partial charge on any atom is 0.173 e. The van der Waals surface area contributed by atoms with E-state index < -0.39 is 0 Å². The molecule has 1 saturated heterocycles. The number of aromatic nitrogens is 2. The van der Waals surface area contributed by atoms with Crippen LogP contribution >= 0.6 is 12.2 Å². The van der Waals surface area contributed by atoms with Gasteiger partial charge in [0.1, 0.15) is 0 Å². The quantitative estimate of drug-likeness (QED) is 0.851. The molecule has 0 saturated carbocycles. The monoisotopic (exact) mass is 357 g/mol. The van der Waals surface area contributed by atoms with Gasteiger partial charge in [0.25, 0.3) is 0 Å². The first kappa shape index (κ1) is 17.9. The maximum absolute atomic E-state index is 5.58. The summed E-state index contributed by atoms with van der Waals surface area (Å²) in [5.74, 6) is 0. The Balaban J connectivity index is 1.50. The third kappa shape index (κ3) is 4.58. The summed E-state index contributed by atoms with van der Waals surface area (Å²) in [7, 11) is 0. The maximum atomic E-state index is 5.58. The lowest BCUT2D eigenvalue weighted by Gasteiger charge is -2.36. The van der Waals surface area contributed by atoms with Gasteiger partial charge < -0.3 is 10.2 Å². The standard InChI is InChI=1S/C19H27N5S/c1-4-24-14-17(16(3)21-24)13-22-9-11-23(12-10-22)19(25)20-18-7-5-15(2)6-8-18/h5-8,14H,4,9-13H2,1-3H3,(H,20,25). The van der Waals surface area contributed by atoms with Crippen LogP contribution in [0.1, 0.15) is 23.7 Å². The number of rotatable bonds is 4. The predicted octanol–water partition coefficient (Wildman–Crippen LogP) is 3.03. The fourth-order valence-corrected chi connectivity index (χ4v) is 3.37. The van der Waals surface area contributed by atoms with Crippen LogP contribution in [0, 0.1) is 13.8 Å². The number of piperazine rings is 1. The zero-order chi connectivity index (χ0) is 17.8. The van der Waals surface area contributed by atoms with Crippen LogP contribution in [0.4, 0.5) is 5.69 Å². The Morgan fingerprint density at radius 3 is 2.40 bits per heavy atom. The summed E-state index contributed by atoms with van der Waals surface area (Å²) in [6, 6.07) is 8.35. The molecule has 0 aliphatic carbocycles. The molecule has 0 radical (unpaired) electrons. The highest BCUT2D eigenvalue weighted by Crippen LogP contribution is 2.14. The second-order valence-electron chi connectivity index (χ2n) is 6.65. The summed E-state index contributed by atoms with van der Waals surface area (Å²) in [6.45, 7) is 12.2. The zero-order valence-electron chi connectivity index (χ0n) is 15.3. The molecule has 2 heterocycles. The molecule has 0 unspecified atom stereocenters. The van der Waals surface area contributed by atoms with E-state index in [1.807, 2.05) is 4.68 Å². The first-order chi connectivity index (χ1) is 12.0. The molecule has 1 aliphatic heterocycles. The van der Waals surface area contributed by atoms with Crippen molar-refractivity contribution >= 4 is 23.0 Å². The van der Waals surface area contributed by atoms with Crippen LogP contribution in [0.2, 0.25) is 0 Å². The van der Waals surface area contributed by atoms with E-state index in [9.17, 15) is 0 Å². The van der Waals surface area contributed by atoms with E-state index in [1.54, 1.807) is 0 Å². The van der Waals surface area contributed by atoms with Gasteiger partial charge in [-0.3, -0.25) is 9.58 Å². The van der Waals surface area contributed by atoms with Crippen LogP contribution in [0.25, 0.3) is 0 Å². The van der Waals surface area contributed by atoms with Crippen LogP contribution in [0.3, 0.4) is 0 Å². The molecule has 0 spiro atoms. The smallest absolute Gasteiger partial charge is 0.173 e. The van der Waals surface area contributed by atoms with Crippen LogP contribution in [0.15, 0.2) is 30.5 Å². The van der Waals surface area contributed by atoms with Gasteiger partial charge in [-0.1, -0.05) is 17.7 Å². The van der Waals surface area contributed by atoms with Crippen molar-refractivity contribution in [1.29, 1.82) is 0 Å². The number of benzene rings is 1. The van der Waals surface area contributed by atoms with Gasteiger partial charge in [-0.15, -0.1) is 0 Å². The lowest BCUT2D eigenvalue weighted by molar-refractivity contribution is 0.176. The number of nitrogens with one attached hydrogen (secondary N) is 1. The van der Waals surface area contributed by atoms with Crippen molar-refractivity contribution in [3.05, 3.63) is 47.3 Å². The molecule has 5 nitrogen and oxygen atoms in total. The van der Waals surface area contributed by atoms with E-state index in [0.717, 1.165) is 55.8 Å². The van der Waals surface area contributed by atoms with Gasteiger partial charge in [-0.2, -0.15) is 5.10 Å². The van der Waals surface area contributed by atoms with Crippen LogP contribution in [-0.4, -0.2) is 50.9 Å². The van der Waals surface area contributed by atoms with Gasteiger partial charge in [-0.05, 0) is 45.1 Å². The lowest BCUT2D eigenvalue weighted by Crippen LogP contribution is -2.49. The zero-order valence-corrected chi connectivity index (χ0v) is 16.1. The molecule has 6 heteroatoms. The summed E-state index contributed by atoms with van der Waals surface area (Å²) in [5, 5.41) is 8.71. The van der Waals surface area contributed by atoms with Gasteiger partial charge in [-0.25, -0.2) is 0 Å². The van der Waals surface area contributed by atoms with E-state index in [4.69, 9.17) is 12.2 Å². The molecular formula is C19H27N5S. The molecule has 1 aromatic carbocycles. The Labute approximate surface area is 155 Å². The van der Waals surface area contributed by atoms with Crippen molar-refractivity contribution in [2.75, 3.05) is 31.5 Å². The molecule has 25 heavy (non-hydrogen) atoms. The summed E-state index contributed by atoms with van der Waals surface area (Å²) < 4.78 is 2.02. The molecule has 0 atom stereocenters.